The van der Waals surface area contributed by atoms with Crippen molar-refractivity contribution >= 4 is 17.6 Å². The first-order valence-corrected chi connectivity index (χ1v) is 6.89. The Bertz CT molecular complexity index is 691. The number of para-hydroxylation sites is 1. The predicted octanol–water partition coefficient (Wildman–Crippen LogP) is 3.06. The Morgan fingerprint density at radius 1 is 1.09 bits per heavy atom. The van der Waals surface area contributed by atoms with Gasteiger partial charge in [-0.2, -0.15) is 0 Å². The number of hydrogen-bond donors (Lipinski definition) is 2. The van der Waals surface area contributed by atoms with Crippen LogP contribution in [0.2, 0.25) is 0 Å². The molecule has 0 aliphatic rings. The summed E-state index contributed by atoms with van der Waals surface area (Å²) in [6.45, 7) is 3.67. The van der Waals surface area contributed by atoms with E-state index in [0.717, 1.165) is 11.1 Å². The minimum Gasteiger partial charge on any atom is -0.410 e. The maximum Gasteiger partial charge on any atom is 0.417 e. The van der Waals surface area contributed by atoms with Crippen molar-refractivity contribution in [2.24, 2.45) is 5.73 Å². The van der Waals surface area contributed by atoms with Gasteiger partial charge in [-0.1, -0.05) is 30.3 Å². The summed E-state index contributed by atoms with van der Waals surface area (Å²) in [7, 11) is 0. The number of hydrogen-bond acceptors (Lipinski definition) is 4. The average molecular weight is 298 g/mol. The third-order valence-electron chi connectivity index (χ3n) is 3.22. The van der Waals surface area contributed by atoms with Crippen LogP contribution in [0.5, 0.6) is 5.75 Å². The van der Waals surface area contributed by atoms with Gasteiger partial charge in [-0.15, -0.1) is 0 Å². The Hall–Kier alpha value is -2.66. The molecule has 1 amide bonds. The van der Waals surface area contributed by atoms with Crippen molar-refractivity contribution in [3.63, 3.8) is 0 Å². The van der Waals surface area contributed by atoms with Crippen molar-refractivity contribution in [2.75, 3.05) is 11.9 Å². The molecule has 0 aliphatic carbocycles. The molecule has 0 atom stereocenters. The molecule has 2 aromatic rings. The third-order valence-corrected chi connectivity index (χ3v) is 3.22. The number of Topliss-reactive ketones (excluding diaryl/α,β-unsaturated/α-hetero) is 1. The Morgan fingerprint density at radius 3 is 2.36 bits per heavy atom. The number of carbonyl (C=O) groups is 2. The second kappa shape index (κ2) is 6.87. The van der Waals surface area contributed by atoms with Crippen molar-refractivity contribution < 1.29 is 14.3 Å². The topological polar surface area (TPSA) is 81.4 Å². The number of carbonyl (C=O) groups excluding carboxylic acids is 2. The summed E-state index contributed by atoms with van der Waals surface area (Å²) in [5.74, 6) is 0.348. The van der Waals surface area contributed by atoms with Gasteiger partial charge in [-0.3, -0.25) is 10.1 Å². The van der Waals surface area contributed by atoms with Gasteiger partial charge in [0.05, 0.1) is 6.54 Å². The van der Waals surface area contributed by atoms with Crippen LogP contribution >= 0.6 is 0 Å². The summed E-state index contributed by atoms with van der Waals surface area (Å²) >= 11 is 0. The highest BCUT2D eigenvalue weighted by Gasteiger charge is 2.11. The molecule has 0 heterocycles. The van der Waals surface area contributed by atoms with Crippen LogP contribution in [0.1, 0.15) is 21.5 Å². The summed E-state index contributed by atoms with van der Waals surface area (Å²) in [6, 6.07) is 12.2. The Morgan fingerprint density at radius 2 is 1.73 bits per heavy atom. The number of anilines is 1. The summed E-state index contributed by atoms with van der Waals surface area (Å²) in [6.07, 6.45) is -0.602. The Labute approximate surface area is 129 Å². The second-order valence-electron chi connectivity index (χ2n) is 4.94. The molecule has 22 heavy (non-hydrogen) atoms. The van der Waals surface area contributed by atoms with E-state index in [1.165, 1.54) is 0 Å². The number of nitrogens with one attached hydrogen (secondary N) is 1. The molecule has 0 bridgehead atoms. The van der Waals surface area contributed by atoms with Crippen LogP contribution in [-0.2, 0) is 0 Å². The quantitative estimate of drug-likeness (QED) is 0.850. The molecule has 0 radical (unpaired) electrons. The number of rotatable bonds is 4. The fraction of sp³-hybridized carbons (Fsp3) is 0.176. The molecule has 3 N–H and O–H groups in total. The van der Waals surface area contributed by atoms with Crippen molar-refractivity contribution in [1.82, 2.24) is 0 Å². The molecule has 114 valence electrons. The number of benzene rings is 2. The normalized spacial score (nSPS) is 10.1. The molecular weight excluding hydrogens is 280 g/mol. The largest absolute Gasteiger partial charge is 0.417 e. The smallest absolute Gasteiger partial charge is 0.410 e. The molecule has 0 fully saturated rings. The molecule has 0 unspecified atom stereocenters. The molecule has 2 rings (SSSR count). The Kier molecular flexibility index (Phi) is 4.91. The zero-order valence-corrected chi connectivity index (χ0v) is 12.6. The molecule has 0 aliphatic heterocycles. The maximum absolute atomic E-state index is 12.0. The number of aryl methyl sites for hydroxylation is 2. The lowest BCUT2D eigenvalue weighted by atomic mass is 10.1. The highest BCUT2D eigenvalue weighted by atomic mass is 16.6. The van der Waals surface area contributed by atoms with E-state index < -0.39 is 6.09 Å². The highest BCUT2D eigenvalue weighted by Crippen LogP contribution is 2.23. The maximum atomic E-state index is 12.0. The van der Waals surface area contributed by atoms with Gasteiger partial charge in [0.1, 0.15) is 5.75 Å². The van der Waals surface area contributed by atoms with Gasteiger partial charge in [0.2, 0.25) is 0 Å². The monoisotopic (exact) mass is 298 g/mol. The van der Waals surface area contributed by atoms with Gasteiger partial charge in [0.15, 0.2) is 5.78 Å². The van der Waals surface area contributed by atoms with Crippen molar-refractivity contribution in [3.8, 4) is 5.75 Å². The van der Waals surface area contributed by atoms with Crippen LogP contribution in [0.25, 0.3) is 0 Å². The molecule has 5 nitrogen and oxygen atoms in total. The first-order chi connectivity index (χ1) is 10.5. The van der Waals surface area contributed by atoms with Gasteiger partial charge in [0, 0.05) is 11.3 Å². The standard InChI is InChI=1S/C17H18N2O3/c1-11-5-3-6-12(2)16(11)22-17(21)19-14-8-4-7-13(9-14)15(20)10-18/h3-9H,10,18H2,1-2H3,(H,19,21). The van der Waals surface area contributed by atoms with Gasteiger partial charge < -0.3 is 10.5 Å². The van der Waals surface area contributed by atoms with Crippen molar-refractivity contribution in [2.45, 2.75) is 13.8 Å². The highest BCUT2D eigenvalue weighted by molar-refractivity contribution is 5.99. The summed E-state index contributed by atoms with van der Waals surface area (Å²) in [5.41, 5.74) is 8.02. The van der Waals surface area contributed by atoms with E-state index in [1.54, 1.807) is 24.3 Å². The van der Waals surface area contributed by atoms with Gasteiger partial charge in [0.25, 0.3) is 0 Å². The summed E-state index contributed by atoms with van der Waals surface area (Å²) < 4.78 is 5.35. The molecule has 0 spiro atoms. The SMILES string of the molecule is Cc1cccc(C)c1OC(=O)Nc1cccc(C(=O)CN)c1. The molecule has 2 aromatic carbocycles. The molecule has 0 saturated carbocycles. The fourth-order valence-corrected chi connectivity index (χ4v) is 2.08. The first-order valence-electron chi connectivity index (χ1n) is 6.89. The van der Waals surface area contributed by atoms with E-state index in [4.69, 9.17) is 10.5 Å². The zero-order valence-electron chi connectivity index (χ0n) is 12.6. The predicted molar refractivity (Wildman–Crippen MR) is 85.4 cm³/mol. The average Bonchev–Trinajstić information content (AvgIpc) is 2.50. The van der Waals surface area contributed by atoms with Crippen LogP contribution in [-0.4, -0.2) is 18.4 Å². The fourth-order valence-electron chi connectivity index (χ4n) is 2.08. The minimum absolute atomic E-state index is 0.0731. The van der Waals surface area contributed by atoms with Crippen LogP contribution in [0, 0.1) is 13.8 Å². The minimum atomic E-state index is -0.602. The molecule has 5 heteroatoms. The van der Waals surface area contributed by atoms with E-state index in [2.05, 4.69) is 5.32 Å². The van der Waals surface area contributed by atoms with Gasteiger partial charge >= 0.3 is 6.09 Å². The summed E-state index contributed by atoms with van der Waals surface area (Å²) in [5, 5.41) is 2.61. The second-order valence-corrected chi connectivity index (χ2v) is 4.94. The lowest BCUT2D eigenvalue weighted by Gasteiger charge is -2.11. The van der Waals surface area contributed by atoms with Crippen molar-refractivity contribution in [1.29, 1.82) is 0 Å². The van der Waals surface area contributed by atoms with Crippen LogP contribution in [0.15, 0.2) is 42.5 Å². The van der Waals surface area contributed by atoms with E-state index in [0.29, 0.717) is 17.0 Å². The van der Waals surface area contributed by atoms with Crippen LogP contribution in [0.3, 0.4) is 0 Å². The van der Waals surface area contributed by atoms with Crippen LogP contribution in [0.4, 0.5) is 10.5 Å². The van der Waals surface area contributed by atoms with E-state index in [-0.39, 0.29) is 12.3 Å². The van der Waals surface area contributed by atoms with E-state index in [1.807, 2.05) is 32.0 Å². The van der Waals surface area contributed by atoms with Gasteiger partial charge in [-0.25, -0.2) is 4.79 Å². The van der Waals surface area contributed by atoms with Crippen molar-refractivity contribution in [3.05, 3.63) is 59.2 Å². The summed E-state index contributed by atoms with van der Waals surface area (Å²) in [4.78, 5) is 23.6. The number of nitrogens with two attached hydrogens (primary N) is 1. The lowest BCUT2D eigenvalue weighted by molar-refractivity contribution is 0.100. The van der Waals surface area contributed by atoms with E-state index >= 15 is 0 Å². The van der Waals surface area contributed by atoms with E-state index in [9.17, 15) is 9.59 Å². The zero-order chi connectivity index (χ0) is 16.1. The Balaban J connectivity index is 2.11. The number of amides is 1. The molecular formula is C17H18N2O3. The number of ketones is 1. The molecule has 0 aromatic heterocycles. The first kappa shape index (κ1) is 15.7. The number of ether oxygens (including phenoxy) is 1. The van der Waals surface area contributed by atoms with Gasteiger partial charge in [-0.05, 0) is 37.1 Å². The third kappa shape index (κ3) is 3.71. The van der Waals surface area contributed by atoms with Crippen LogP contribution < -0.4 is 15.8 Å². The lowest BCUT2D eigenvalue weighted by Crippen LogP contribution is -2.18. The molecule has 0 saturated heterocycles.